The van der Waals surface area contributed by atoms with E-state index in [4.69, 9.17) is 4.42 Å². The van der Waals surface area contributed by atoms with Crippen molar-refractivity contribution in [3.05, 3.63) is 53.5 Å². The number of hydrogen-bond donors (Lipinski definition) is 1. The molecule has 16 heavy (non-hydrogen) atoms. The predicted octanol–water partition coefficient (Wildman–Crippen LogP) is 3.39. The van der Waals surface area contributed by atoms with Crippen LogP contribution in [0.1, 0.15) is 23.0 Å². The lowest BCUT2D eigenvalue weighted by Crippen LogP contribution is -1.98. The molecule has 0 aliphatic carbocycles. The zero-order valence-corrected chi connectivity index (χ0v) is 10.1. The predicted molar refractivity (Wildman–Crippen MR) is 65.7 cm³/mol. The molecule has 0 saturated carbocycles. The second kappa shape index (κ2) is 4.76. The maximum atomic E-state index is 10.1. The summed E-state index contributed by atoms with van der Waals surface area (Å²) in [4.78, 5) is 1.23. The Balaban J connectivity index is 2.31. The molecule has 3 heteroatoms. The summed E-state index contributed by atoms with van der Waals surface area (Å²) in [5.74, 6) is 0.580. The average Bonchev–Trinajstić information content (AvgIpc) is 2.81. The number of benzene rings is 1. The second-order valence-corrected chi connectivity index (χ2v) is 4.50. The molecule has 1 atom stereocenters. The van der Waals surface area contributed by atoms with E-state index in [0.29, 0.717) is 5.76 Å². The van der Waals surface area contributed by atoms with E-state index in [1.807, 2.05) is 31.4 Å². The molecule has 1 N–H and O–H groups in total. The summed E-state index contributed by atoms with van der Waals surface area (Å²) in [6.45, 7) is 2.05. The van der Waals surface area contributed by atoms with E-state index < -0.39 is 6.10 Å². The fourth-order valence-corrected chi connectivity index (χ4v) is 2.27. The smallest absolute Gasteiger partial charge is 0.137 e. The highest BCUT2D eigenvalue weighted by atomic mass is 32.2. The van der Waals surface area contributed by atoms with Crippen molar-refractivity contribution in [2.45, 2.75) is 17.9 Å². The molecule has 1 unspecified atom stereocenters. The van der Waals surface area contributed by atoms with Crippen molar-refractivity contribution < 1.29 is 9.52 Å². The Labute approximate surface area is 99.3 Å². The minimum Gasteiger partial charge on any atom is -0.466 e. The summed E-state index contributed by atoms with van der Waals surface area (Å²) in [5.41, 5.74) is 2.04. The zero-order chi connectivity index (χ0) is 11.5. The Hall–Kier alpha value is -1.19. The maximum absolute atomic E-state index is 10.1. The van der Waals surface area contributed by atoms with Crippen molar-refractivity contribution in [3.8, 4) is 0 Å². The van der Waals surface area contributed by atoms with Crippen LogP contribution in [0.15, 0.2) is 45.9 Å². The first kappa shape index (κ1) is 11.3. The molecule has 1 aromatic carbocycles. The molecule has 2 aromatic rings. The van der Waals surface area contributed by atoms with E-state index in [2.05, 4.69) is 0 Å². The van der Waals surface area contributed by atoms with Gasteiger partial charge in [-0.25, -0.2) is 0 Å². The first-order chi connectivity index (χ1) is 7.72. The standard InChI is InChI=1S/C13H14O2S/c1-9-8-10(5-6-12(9)16-2)13(14)11-4-3-7-15-11/h3-8,13-14H,1-2H3. The molecule has 2 nitrogen and oxygen atoms in total. The van der Waals surface area contributed by atoms with Gasteiger partial charge in [-0.15, -0.1) is 11.8 Å². The van der Waals surface area contributed by atoms with Gasteiger partial charge in [0.1, 0.15) is 11.9 Å². The van der Waals surface area contributed by atoms with E-state index >= 15 is 0 Å². The molecule has 2 rings (SSSR count). The number of aryl methyl sites for hydroxylation is 1. The lowest BCUT2D eigenvalue weighted by Gasteiger charge is -2.10. The molecule has 0 aliphatic heterocycles. The summed E-state index contributed by atoms with van der Waals surface area (Å²) in [6, 6.07) is 9.52. The van der Waals surface area contributed by atoms with Crippen LogP contribution in [0.5, 0.6) is 0 Å². The van der Waals surface area contributed by atoms with Crippen molar-refractivity contribution in [1.29, 1.82) is 0 Å². The van der Waals surface area contributed by atoms with Gasteiger partial charge < -0.3 is 9.52 Å². The van der Waals surface area contributed by atoms with E-state index in [-0.39, 0.29) is 0 Å². The fourth-order valence-electron chi connectivity index (χ4n) is 1.68. The highest BCUT2D eigenvalue weighted by Crippen LogP contribution is 2.27. The molecular weight excluding hydrogens is 220 g/mol. The van der Waals surface area contributed by atoms with Gasteiger partial charge in [-0.2, -0.15) is 0 Å². The fraction of sp³-hybridized carbons (Fsp3) is 0.231. The van der Waals surface area contributed by atoms with Gasteiger partial charge in [0.15, 0.2) is 0 Å². The quantitative estimate of drug-likeness (QED) is 0.826. The monoisotopic (exact) mass is 234 g/mol. The second-order valence-electron chi connectivity index (χ2n) is 3.65. The molecule has 0 bridgehead atoms. The topological polar surface area (TPSA) is 33.4 Å². The van der Waals surface area contributed by atoms with Gasteiger partial charge in [0.05, 0.1) is 6.26 Å². The van der Waals surface area contributed by atoms with Crippen LogP contribution < -0.4 is 0 Å². The molecule has 0 radical (unpaired) electrons. The van der Waals surface area contributed by atoms with Crippen LogP contribution in [-0.4, -0.2) is 11.4 Å². The lowest BCUT2D eigenvalue weighted by molar-refractivity contribution is 0.189. The minimum atomic E-state index is -0.676. The van der Waals surface area contributed by atoms with Gasteiger partial charge >= 0.3 is 0 Å². The third-order valence-electron chi connectivity index (χ3n) is 2.55. The Kier molecular flexibility index (Phi) is 3.36. The summed E-state index contributed by atoms with van der Waals surface area (Å²) < 4.78 is 5.19. The van der Waals surface area contributed by atoms with Crippen LogP contribution >= 0.6 is 11.8 Å². The third kappa shape index (κ3) is 2.15. The highest BCUT2D eigenvalue weighted by Gasteiger charge is 2.13. The van der Waals surface area contributed by atoms with Gasteiger partial charge in [-0.05, 0) is 42.5 Å². The largest absolute Gasteiger partial charge is 0.466 e. The van der Waals surface area contributed by atoms with E-state index in [1.54, 1.807) is 30.2 Å². The normalized spacial score (nSPS) is 12.7. The van der Waals surface area contributed by atoms with Crippen molar-refractivity contribution in [2.24, 2.45) is 0 Å². The van der Waals surface area contributed by atoms with Gasteiger partial charge in [0.2, 0.25) is 0 Å². The Bertz CT molecular complexity index is 463. The number of aliphatic hydroxyl groups is 1. The zero-order valence-electron chi connectivity index (χ0n) is 9.31. The Morgan fingerprint density at radius 2 is 2.12 bits per heavy atom. The molecule has 1 aromatic heterocycles. The van der Waals surface area contributed by atoms with Crippen LogP contribution in [0, 0.1) is 6.92 Å². The van der Waals surface area contributed by atoms with Crippen LogP contribution in [0.25, 0.3) is 0 Å². The molecule has 0 fully saturated rings. The van der Waals surface area contributed by atoms with Gasteiger partial charge in [-0.3, -0.25) is 0 Å². The van der Waals surface area contributed by atoms with Crippen LogP contribution in [0.4, 0.5) is 0 Å². The summed E-state index contributed by atoms with van der Waals surface area (Å²) in [7, 11) is 0. The average molecular weight is 234 g/mol. The number of aliphatic hydroxyl groups excluding tert-OH is 1. The maximum Gasteiger partial charge on any atom is 0.137 e. The van der Waals surface area contributed by atoms with Crippen molar-refractivity contribution in [3.63, 3.8) is 0 Å². The van der Waals surface area contributed by atoms with E-state index in [9.17, 15) is 5.11 Å². The molecule has 0 aliphatic rings. The van der Waals surface area contributed by atoms with Crippen LogP contribution in [0.2, 0.25) is 0 Å². The highest BCUT2D eigenvalue weighted by molar-refractivity contribution is 7.98. The molecule has 0 spiro atoms. The first-order valence-electron chi connectivity index (χ1n) is 5.08. The number of rotatable bonds is 3. The SMILES string of the molecule is CSc1ccc(C(O)c2ccco2)cc1C. The van der Waals surface area contributed by atoms with E-state index in [0.717, 1.165) is 5.56 Å². The van der Waals surface area contributed by atoms with Crippen molar-refractivity contribution in [1.82, 2.24) is 0 Å². The Morgan fingerprint density at radius 3 is 2.69 bits per heavy atom. The lowest BCUT2D eigenvalue weighted by atomic mass is 10.1. The summed E-state index contributed by atoms with van der Waals surface area (Å²) in [6.07, 6.45) is 2.94. The van der Waals surface area contributed by atoms with Gasteiger partial charge in [0, 0.05) is 4.90 Å². The molecular formula is C13H14O2S. The number of thioether (sulfide) groups is 1. The van der Waals surface area contributed by atoms with Crippen molar-refractivity contribution in [2.75, 3.05) is 6.26 Å². The Morgan fingerprint density at radius 1 is 1.31 bits per heavy atom. The number of furan rings is 1. The minimum absolute atomic E-state index is 0.580. The van der Waals surface area contributed by atoms with Crippen molar-refractivity contribution >= 4 is 11.8 Å². The van der Waals surface area contributed by atoms with Gasteiger partial charge in [-0.1, -0.05) is 12.1 Å². The van der Waals surface area contributed by atoms with Crippen LogP contribution in [-0.2, 0) is 0 Å². The van der Waals surface area contributed by atoms with E-state index in [1.165, 1.54) is 10.5 Å². The third-order valence-corrected chi connectivity index (χ3v) is 3.45. The molecule has 1 heterocycles. The number of hydrogen-bond acceptors (Lipinski definition) is 3. The molecule has 84 valence electrons. The van der Waals surface area contributed by atoms with Crippen LogP contribution in [0.3, 0.4) is 0 Å². The van der Waals surface area contributed by atoms with Gasteiger partial charge in [0.25, 0.3) is 0 Å². The summed E-state index contributed by atoms with van der Waals surface area (Å²) in [5, 5.41) is 10.1. The summed E-state index contributed by atoms with van der Waals surface area (Å²) >= 11 is 1.71. The molecule has 0 saturated heterocycles. The first-order valence-corrected chi connectivity index (χ1v) is 6.31. The molecule has 0 amide bonds.